The summed E-state index contributed by atoms with van der Waals surface area (Å²) in [5.41, 5.74) is 1.96. The van der Waals surface area contributed by atoms with Crippen LogP contribution >= 0.6 is 11.6 Å². The first-order chi connectivity index (χ1) is 58.1. The number of methoxy groups -OCH3 is 2. The first-order valence-corrected chi connectivity index (χ1v) is 39.0. The molecule has 29 heteroatoms. The molecule has 0 aliphatic heterocycles. The standard InChI is InChI=1S/C20H21FN2O2.C19H16F3NO2.C19H17F2NO2.C18H18ClN3O2.C18H17F2N3O2/c1-5-24-20(3,4)19-17(7-6-10-22-19)25-18-11-14-8-9-15(21)12-16(14)23-13(18)2;1-10-15(9-11-7-8-13(21)17(22)18(11)23-10)25-14-6-4-5-12(20)16(14)19(2,3)24;1-11-16(10-12-6-4-8-14(21)18(12)22-11)24-15-9-5-7-13(20)17(15)19(2,3)23;1-11-17(22-13-8-5-7-12(19)15(13)21-11)24-14-9-6-10-20-16(14)18(2,3)23-4;1-10-17(23-12-8-7-11(19)14(20)15(12)22-10)25-13-6-5-9-21-16(13)18(2,3)24-4/h6-12H,5H2,1-4H3;4-9,24H,1-3H3;4-10,23H,1-3H3;5-10H,1-4H3;5-9H,1-4H3. The molecular weight excluding hydrogens is 1620 g/mol. The van der Waals surface area contributed by atoms with Crippen molar-refractivity contribution >= 4 is 66.4 Å². The molecule has 0 atom stereocenters. The summed E-state index contributed by atoms with van der Waals surface area (Å²) in [5.74, 6) is -2.05. The molecule has 0 saturated carbocycles. The molecule has 0 radical (unpaired) electrons. The van der Waals surface area contributed by atoms with E-state index in [0.717, 1.165) is 23.2 Å². The molecule has 15 rings (SSSR count). The Balaban J connectivity index is 0.000000150. The van der Waals surface area contributed by atoms with Crippen LogP contribution in [0, 0.1) is 81.2 Å². The van der Waals surface area contributed by atoms with Gasteiger partial charge in [-0.1, -0.05) is 41.9 Å². The number of aryl methyl sites for hydroxylation is 5. The number of halogens is 9. The lowest BCUT2D eigenvalue weighted by Crippen LogP contribution is -2.23. The zero-order valence-corrected chi connectivity index (χ0v) is 71.4. The van der Waals surface area contributed by atoms with Crippen LogP contribution in [0.1, 0.15) is 133 Å². The Hall–Kier alpha value is -12.6. The number of benzene rings is 7. The highest BCUT2D eigenvalue weighted by molar-refractivity contribution is 6.34. The van der Waals surface area contributed by atoms with Crippen LogP contribution < -0.4 is 23.7 Å². The minimum atomic E-state index is -1.46. The molecule has 123 heavy (non-hydrogen) atoms. The van der Waals surface area contributed by atoms with Gasteiger partial charge >= 0.3 is 0 Å². The second-order valence-electron chi connectivity index (χ2n) is 30.6. The lowest BCUT2D eigenvalue weighted by atomic mass is 9.96. The molecule has 0 fully saturated rings. The minimum absolute atomic E-state index is 0.000200. The Morgan fingerprint density at radius 1 is 0.333 bits per heavy atom. The van der Waals surface area contributed by atoms with Gasteiger partial charge in [-0.3, -0.25) is 15.0 Å². The molecule has 2 N–H and O–H groups in total. The van der Waals surface area contributed by atoms with Crippen LogP contribution in [0.5, 0.6) is 57.8 Å². The molecule has 8 heterocycles. The molecule has 0 aliphatic rings. The maximum Gasteiger partial charge on any atom is 0.241 e. The quantitative estimate of drug-likeness (QED) is 0.0715. The topological polar surface area (TPSA) is 243 Å². The van der Waals surface area contributed by atoms with E-state index in [9.17, 15) is 45.3 Å². The number of hydrogen-bond acceptors (Lipinski definition) is 20. The van der Waals surface area contributed by atoms with Crippen LogP contribution in [0.25, 0.3) is 54.8 Å². The number of rotatable bonds is 19. The lowest BCUT2D eigenvalue weighted by Gasteiger charge is -2.26. The van der Waals surface area contributed by atoms with E-state index >= 15 is 0 Å². The molecule has 15 aromatic rings. The molecule has 0 aliphatic carbocycles. The van der Waals surface area contributed by atoms with E-state index in [-0.39, 0.29) is 62.1 Å². The van der Waals surface area contributed by atoms with Gasteiger partial charge in [-0.15, -0.1) is 0 Å². The second-order valence-corrected chi connectivity index (χ2v) is 31.0. The molecular formula is C94H89ClF8N10O10. The monoisotopic (exact) mass is 1700 g/mol. The first kappa shape index (κ1) is 91.2. The van der Waals surface area contributed by atoms with Crippen molar-refractivity contribution in [3.8, 4) is 57.8 Å². The molecule has 8 aromatic heterocycles. The summed E-state index contributed by atoms with van der Waals surface area (Å²) in [4.78, 5) is 43.3. The van der Waals surface area contributed by atoms with Crippen LogP contribution in [0.2, 0.25) is 5.02 Å². The van der Waals surface area contributed by atoms with Gasteiger partial charge in [0.1, 0.15) is 119 Å². The summed E-state index contributed by atoms with van der Waals surface area (Å²) in [6.07, 6.45) is 5.07. The van der Waals surface area contributed by atoms with Crippen LogP contribution in [-0.2, 0) is 42.2 Å². The number of para-hydroxylation sites is 2. The predicted octanol–water partition coefficient (Wildman–Crippen LogP) is 23.9. The van der Waals surface area contributed by atoms with Gasteiger partial charge in [-0.2, -0.15) is 0 Å². The third kappa shape index (κ3) is 21.3. The van der Waals surface area contributed by atoms with E-state index in [1.54, 1.807) is 102 Å². The fourth-order valence-electron chi connectivity index (χ4n) is 12.8. The molecule has 0 bridgehead atoms. The number of pyridine rings is 6. The Morgan fingerprint density at radius 3 is 1.23 bits per heavy atom. The molecule has 20 nitrogen and oxygen atoms in total. The first-order valence-electron chi connectivity index (χ1n) is 38.6. The number of hydrogen-bond donors (Lipinski definition) is 2. The van der Waals surface area contributed by atoms with E-state index in [4.69, 9.17) is 49.5 Å². The van der Waals surface area contributed by atoms with Crippen LogP contribution in [0.15, 0.2) is 188 Å². The van der Waals surface area contributed by atoms with Gasteiger partial charge in [-0.25, -0.2) is 70.0 Å². The van der Waals surface area contributed by atoms with Crippen LogP contribution in [0.3, 0.4) is 0 Å². The minimum Gasteiger partial charge on any atom is -0.455 e. The SMILES string of the molecule is CCOC(C)(C)c1ncccc1Oc1cc2ccc(F)cc2nc1C.COC(C)(C)c1ncccc1Oc1nc2ccc(F)c(F)c2nc1C.COC(C)(C)c1ncccc1Oc1nc2cccc(Cl)c2nc1C.Cc1nc2c(F)c(F)ccc2cc1Oc1cccc(F)c1C(C)(C)O.Cc1nc2c(F)cccc2cc1Oc1cccc(F)c1C(C)(C)O. The zero-order valence-electron chi connectivity index (χ0n) is 70.6. The van der Waals surface area contributed by atoms with Gasteiger partial charge in [-0.05, 0) is 244 Å². The predicted molar refractivity (Wildman–Crippen MR) is 454 cm³/mol. The van der Waals surface area contributed by atoms with Crippen molar-refractivity contribution < 1.29 is 83.2 Å². The van der Waals surface area contributed by atoms with Crippen molar-refractivity contribution in [1.29, 1.82) is 0 Å². The Bertz CT molecular complexity index is 6420. The lowest BCUT2D eigenvalue weighted by molar-refractivity contribution is -0.0186. The van der Waals surface area contributed by atoms with E-state index < -0.39 is 68.7 Å². The number of aromatic nitrogens is 10. The summed E-state index contributed by atoms with van der Waals surface area (Å²) in [6, 6.07) is 43.8. The third-order valence-corrected chi connectivity index (χ3v) is 19.6. The zero-order chi connectivity index (χ0) is 89.4. The van der Waals surface area contributed by atoms with E-state index in [1.165, 1.54) is 94.4 Å². The average molecular weight is 1710 g/mol. The van der Waals surface area contributed by atoms with E-state index in [2.05, 4.69) is 49.8 Å². The Morgan fingerprint density at radius 2 is 0.724 bits per heavy atom. The molecule has 7 aromatic carbocycles. The Labute approximate surface area is 709 Å². The summed E-state index contributed by atoms with van der Waals surface area (Å²) in [7, 11) is 3.22. The molecule has 0 unspecified atom stereocenters. The Kier molecular flexibility index (Phi) is 28.0. The van der Waals surface area contributed by atoms with Gasteiger partial charge in [0.25, 0.3) is 0 Å². The van der Waals surface area contributed by atoms with Crippen molar-refractivity contribution in [2.24, 2.45) is 0 Å². The van der Waals surface area contributed by atoms with Gasteiger partial charge in [0.05, 0.1) is 61.0 Å². The van der Waals surface area contributed by atoms with Crippen molar-refractivity contribution in [3.63, 3.8) is 0 Å². The highest BCUT2D eigenvalue weighted by atomic mass is 35.5. The molecule has 0 saturated heterocycles. The van der Waals surface area contributed by atoms with Gasteiger partial charge in [0, 0.05) is 61.6 Å². The van der Waals surface area contributed by atoms with Crippen molar-refractivity contribution in [1.82, 2.24) is 49.8 Å². The number of aliphatic hydroxyl groups is 2. The number of ether oxygens (including phenoxy) is 8. The van der Waals surface area contributed by atoms with Gasteiger partial charge in [0.15, 0.2) is 40.5 Å². The van der Waals surface area contributed by atoms with E-state index in [0.29, 0.717) is 113 Å². The van der Waals surface area contributed by atoms with Gasteiger partial charge in [0.2, 0.25) is 11.8 Å². The van der Waals surface area contributed by atoms with Crippen molar-refractivity contribution in [2.45, 2.75) is 139 Å². The summed E-state index contributed by atoms with van der Waals surface area (Å²) >= 11 is 6.18. The third-order valence-electron chi connectivity index (χ3n) is 19.3. The summed E-state index contributed by atoms with van der Waals surface area (Å²) in [5, 5.41) is 22.7. The largest absolute Gasteiger partial charge is 0.455 e. The number of fused-ring (bicyclic) bond motifs is 5. The van der Waals surface area contributed by atoms with Crippen LogP contribution in [-0.4, -0.2) is 80.9 Å². The summed E-state index contributed by atoms with van der Waals surface area (Å²) < 4.78 is 156. The smallest absolute Gasteiger partial charge is 0.241 e. The average Bonchev–Trinajstić information content (AvgIpc) is 0.798. The van der Waals surface area contributed by atoms with E-state index in [1.807, 2.05) is 105 Å². The van der Waals surface area contributed by atoms with Gasteiger partial charge < -0.3 is 48.1 Å². The summed E-state index contributed by atoms with van der Waals surface area (Å²) in [6.45, 7) is 28.4. The highest BCUT2D eigenvalue weighted by Gasteiger charge is 2.32. The number of nitrogens with zero attached hydrogens (tertiary/aromatic N) is 10. The van der Waals surface area contributed by atoms with Crippen molar-refractivity contribution in [3.05, 3.63) is 297 Å². The molecule has 0 spiro atoms. The maximum absolute atomic E-state index is 14.2. The fraction of sp³-hybridized carbons (Fsp3) is 0.255. The van der Waals surface area contributed by atoms with Crippen molar-refractivity contribution in [2.75, 3.05) is 20.8 Å². The molecule has 638 valence electrons. The maximum atomic E-state index is 14.2. The van der Waals surface area contributed by atoms with Crippen LogP contribution in [0.4, 0.5) is 35.1 Å². The highest BCUT2D eigenvalue weighted by Crippen LogP contribution is 2.43. The second kappa shape index (κ2) is 37.8. The normalized spacial score (nSPS) is 11.7. The molecule has 0 amide bonds. The fourth-order valence-corrected chi connectivity index (χ4v) is 13.0.